The molecule has 100 valence electrons. The Bertz CT molecular complexity index is 465. The molecular weight excluding hydrogens is 270 g/mol. The summed E-state index contributed by atoms with van der Waals surface area (Å²) in [6.45, 7) is 3.46. The van der Waals surface area contributed by atoms with Gasteiger partial charge in [0.05, 0.1) is 6.61 Å². The van der Waals surface area contributed by atoms with Gasteiger partial charge in [0, 0.05) is 52.4 Å². The molecule has 1 aromatic carbocycles. The molecule has 0 fully saturated rings. The predicted octanol–water partition coefficient (Wildman–Crippen LogP) is 2.13. The lowest BCUT2D eigenvalue weighted by molar-refractivity contribution is 0.352. The summed E-state index contributed by atoms with van der Waals surface area (Å²) in [7, 11) is -0.777. The number of benzene rings is 1. The van der Waals surface area contributed by atoms with Gasteiger partial charge in [0.25, 0.3) is 0 Å². The fraction of sp³-hybridized carbons (Fsp3) is 0.538. The van der Waals surface area contributed by atoms with Crippen LogP contribution in [0.4, 0.5) is 0 Å². The SMILES string of the molecule is CC(CS(C)=O)NCc1cc(Cl)cc2c1OCC2. The Kier molecular flexibility index (Phi) is 4.65. The second kappa shape index (κ2) is 6.04. The van der Waals surface area contributed by atoms with Crippen LogP contribution in [0.15, 0.2) is 12.1 Å². The third kappa shape index (κ3) is 3.46. The van der Waals surface area contributed by atoms with Gasteiger partial charge in [0.1, 0.15) is 5.75 Å². The molecule has 5 heteroatoms. The van der Waals surface area contributed by atoms with Crippen molar-refractivity contribution in [3.8, 4) is 5.75 Å². The molecule has 0 spiro atoms. The molecule has 1 aromatic rings. The number of rotatable bonds is 5. The highest BCUT2D eigenvalue weighted by atomic mass is 35.5. The summed E-state index contributed by atoms with van der Waals surface area (Å²) in [6, 6.07) is 4.12. The Hall–Kier alpha value is -0.580. The first kappa shape index (κ1) is 13.8. The molecule has 1 N–H and O–H groups in total. The average molecular weight is 288 g/mol. The van der Waals surface area contributed by atoms with Crippen LogP contribution in [-0.4, -0.2) is 28.9 Å². The average Bonchev–Trinajstić information content (AvgIpc) is 2.72. The molecule has 0 bridgehead atoms. The summed E-state index contributed by atoms with van der Waals surface area (Å²) in [5.41, 5.74) is 2.27. The number of fused-ring (bicyclic) bond motifs is 1. The van der Waals surface area contributed by atoms with Crippen LogP contribution in [-0.2, 0) is 23.8 Å². The van der Waals surface area contributed by atoms with Crippen LogP contribution in [0.3, 0.4) is 0 Å². The maximum Gasteiger partial charge on any atom is 0.127 e. The highest BCUT2D eigenvalue weighted by Gasteiger charge is 2.17. The van der Waals surface area contributed by atoms with Crippen molar-refractivity contribution in [3.05, 3.63) is 28.3 Å². The molecule has 0 amide bonds. The molecular formula is C13H18ClNO2S. The van der Waals surface area contributed by atoms with Crippen molar-refractivity contribution in [2.24, 2.45) is 0 Å². The molecule has 2 atom stereocenters. The summed E-state index contributed by atoms with van der Waals surface area (Å²) in [4.78, 5) is 0. The van der Waals surface area contributed by atoms with E-state index in [1.54, 1.807) is 6.26 Å². The van der Waals surface area contributed by atoms with E-state index >= 15 is 0 Å². The molecule has 0 saturated heterocycles. The van der Waals surface area contributed by atoms with E-state index in [4.69, 9.17) is 16.3 Å². The fourth-order valence-corrected chi connectivity index (χ4v) is 3.26. The second-order valence-corrected chi connectivity index (χ2v) is 6.59. The zero-order valence-electron chi connectivity index (χ0n) is 10.7. The predicted molar refractivity (Wildman–Crippen MR) is 75.9 cm³/mol. The van der Waals surface area contributed by atoms with Crippen molar-refractivity contribution in [2.75, 3.05) is 18.6 Å². The Morgan fingerprint density at radius 1 is 1.56 bits per heavy atom. The van der Waals surface area contributed by atoms with Crippen molar-refractivity contribution in [3.63, 3.8) is 0 Å². The van der Waals surface area contributed by atoms with Gasteiger partial charge in [-0.2, -0.15) is 0 Å². The van der Waals surface area contributed by atoms with E-state index in [-0.39, 0.29) is 6.04 Å². The Balaban J connectivity index is 2.03. The number of hydrogen-bond acceptors (Lipinski definition) is 3. The van der Waals surface area contributed by atoms with Gasteiger partial charge in [-0.05, 0) is 24.6 Å². The Morgan fingerprint density at radius 2 is 2.33 bits per heavy atom. The molecule has 1 aliphatic heterocycles. The maximum absolute atomic E-state index is 11.1. The topological polar surface area (TPSA) is 38.3 Å². The summed E-state index contributed by atoms with van der Waals surface area (Å²) in [5.74, 6) is 1.63. The van der Waals surface area contributed by atoms with Crippen LogP contribution < -0.4 is 10.1 Å². The van der Waals surface area contributed by atoms with E-state index in [9.17, 15) is 4.21 Å². The van der Waals surface area contributed by atoms with E-state index in [0.29, 0.717) is 12.3 Å². The Morgan fingerprint density at radius 3 is 3.06 bits per heavy atom. The second-order valence-electron chi connectivity index (χ2n) is 4.67. The number of halogens is 1. The van der Waals surface area contributed by atoms with Gasteiger partial charge in [0.15, 0.2) is 0 Å². The monoisotopic (exact) mass is 287 g/mol. The van der Waals surface area contributed by atoms with Crippen molar-refractivity contribution < 1.29 is 8.95 Å². The molecule has 2 rings (SSSR count). The molecule has 0 aromatic heterocycles. The number of hydrogen-bond donors (Lipinski definition) is 1. The van der Waals surface area contributed by atoms with E-state index in [1.165, 1.54) is 5.56 Å². The zero-order valence-corrected chi connectivity index (χ0v) is 12.2. The van der Waals surface area contributed by atoms with E-state index in [2.05, 4.69) is 5.32 Å². The summed E-state index contributed by atoms with van der Waals surface area (Å²) < 4.78 is 16.8. The third-order valence-electron chi connectivity index (χ3n) is 2.95. The number of ether oxygens (including phenoxy) is 1. The van der Waals surface area contributed by atoms with Crippen LogP contribution in [0.2, 0.25) is 5.02 Å². The minimum absolute atomic E-state index is 0.215. The molecule has 0 radical (unpaired) electrons. The lowest BCUT2D eigenvalue weighted by atomic mass is 10.1. The molecule has 1 aliphatic rings. The highest BCUT2D eigenvalue weighted by molar-refractivity contribution is 7.84. The zero-order chi connectivity index (χ0) is 13.1. The fourth-order valence-electron chi connectivity index (χ4n) is 2.17. The van der Waals surface area contributed by atoms with Gasteiger partial charge in [-0.1, -0.05) is 11.6 Å². The molecule has 0 aliphatic carbocycles. The third-order valence-corrected chi connectivity index (χ3v) is 4.14. The van der Waals surface area contributed by atoms with E-state index < -0.39 is 10.8 Å². The largest absolute Gasteiger partial charge is 0.493 e. The van der Waals surface area contributed by atoms with Crippen molar-refractivity contribution in [1.82, 2.24) is 5.32 Å². The van der Waals surface area contributed by atoms with E-state index in [0.717, 1.165) is 29.4 Å². The quantitative estimate of drug-likeness (QED) is 0.902. The van der Waals surface area contributed by atoms with Crippen LogP contribution in [0.5, 0.6) is 5.75 Å². The van der Waals surface area contributed by atoms with Crippen molar-refractivity contribution in [1.29, 1.82) is 0 Å². The maximum atomic E-state index is 11.1. The molecule has 18 heavy (non-hydrogen) atoms. The van der Waals surface area contributed by atoms with Gasteiger partial charge in [-0.25, -0.2) is 0 Å². The van der Waals surface area contributed by atoms with Crippen LogP contribution >= 0.6 is 11.6 Å². The van der Waals surface area contributed by atoms with Gasteiger partial charge in [-0.15, -0.1) is 0 Å². The van der Waals surface area contributed by atoms with Crippen LogP contribution in [0.25, 0.3) is 0 Å². The normalized spacial score (nSPS) is 17.1. The minimum Gasteiger partial charge on any atom is -0.493 e. The molecule has 0 saturated carbocycles. The number of nitrogens with one attached hydrogen (secondary N) is 1. The smallest absolute Gasteiger partial charge is 0.127 e. The summed E-state index contributed by atoms with van der Waals surface area (Å²) in [6.07, 6.45) is 2.65. The summed E-state index contributed by atoms with van der Waals surface area (Å²) >= 11 is 6.10. The highest BCUT2D eigenvalue weighted by Crippen LogP contribution is 2.32. The summed E-state index contributed by atoms with van der Waals surface area (Å²) in [5, 5.41) is 4.11. The Labute approximate surface area is 115 Å². The molecule has 2 unspecified atom stereocenters. The van der Waals surface area contributed by atoms with Crippen LogP contribution in [0.1, 0.15) is 18.1 Å². The van der Waals surface area contributed by atoms with Gasteiger partial charge >= 0.3 is 0 Å². The van der Waals surface area contributed by atoms with Gasteiger partial charge in [-0.3, -0.25) is 4.21 Å². The van der Waals surface area contributed by atoms with Crippen molar-refractivity contribution in [2.45, 2.75) is 25.9 Å². The van der Waals surface area contributed by atoms with E-state index in [1.807, 2.05) is 19.1 Å². The van der Waals surface area contributed by atoms with Gasteiger partial charge in [0.2, 0.25) is 0 Å². The lowest BCUT2D eigenvalue weighted by Crippen LogP contribution is -2.30. The minimum atomic E-state index is -0.777. The molecule has 1 heterocycles. The first-order valence-corrected chi connectivity index (χ1v) is 8.14. The van der Waals surface area contributed by atoms with Gasteiger partial charge < -0.3 is 10.1 Å². The molecule has 3 nitrogen and oxygen atoms in total. The van der Waals surface area contributed by atoms with Crippen LogP contribution in [0, 0.1) is 0 Å². The van der Waals surface area contributed by atoms with Crippen molar-refractivity contribution >= 4 is 22.4 Å². The first-order chi connectivity index (χ1) is 8.56. The first-order valence-electron chi connectivity index (χ1n) is 6.04. The lowest BCUT2D eigenvalue weighted by Gasteiger charge is -2.14. The standard InChI is InChI=1S/C13H18ClNO2S/c1-9(8-18(2)16)15-7-11-6-12(14)5-10-3-4-17-13(10)11/h5-6,9,15H,3-4,7-8H2,1-2H3.